The second kappa shape index (κ2) is 5.13. The first-order valence-corrected chi connectivity index (χ1v) is 8.62. The minimum atomic E-state index is 0.0288. The largest absolute Gasteiger partial charge is 0.497 e. The first-order chi connectivity index (χ1) is 10.7. The summed E-state index contributed by atoms with van der Waals surface area (Å²) in [7, 11) is 1.75. The average molecular weight is 298 g/mol. The van der Waals surface area contributed by atoms with Gasteiger partial charge in [-0.2, -0.15) is 0 Å². The van der Waals surface area contributed by atoms with E-state index in [-0.39, 0.29) is 5.60 Å². The van der Waals surface area contributed by atoms with Gasteiger partial charge < -0.3 is 9.47 Å². The second-order valence-electron chi connectivity index (χ2n) is 7.41. The van der Waals surface area contributed by atoms with Gasteiger partial charge in [0.1, 0.15) is 5.75 Å². The molecule has 0 spiro atoms. The zero-order valence-electron chi connectivity index (χ0n) is 13.7. The Balaban J connectivity index is 1.64. The Labute approximate surface area is 133 Å². The van der Waals surface area contributed by atoms with Crippen LogP contribution in [0.25, 0.3) is 0 Å². The van der Waals surface area contributed by atoms with Crippen LogP contribution in [0.3, 0.4) is 0 Å². The van der Waals surface area contributed by atoms with Gasteiger partial charge in [0, 0.05) is 5.92 Å². The molecule has 5 atom stereocenters. The maximum atomic E-state index is 6.67. The summed E-state index contributed by atoms with van der Waals surface area (Å²) in [5.74, 6) is 2.91. The van der Waals surface area contributed by atoms with E-state index in [1.807, 2.05) is 0 Å². The lowest BCUT2D eigenvalue weighted by atomic mass is 9.78. The van der Waals surface area contributed by atoms with Crippen LogP contribution in [0.2, 0.25) is 0 Å². The number of aryl methyl sites for hydroxylation is 1. The molecule has 0 N–H and O–H groups in total. The number of benzene rings is 1. The Kier molecular flexibility index (Phi) is 3.34. The molecule has 1 aromatic rings. The van der Waals surface area contributed by atoms with E-state index in [0.29, 0.717) is 23.9 Å². The monoisotopic (exact) mass is 298 g/mol. The van der Waals surface area contributed by atoms with E-state index >= 15 is 0 Å². The minimum absolute atomic E-state index is 0.0288. The minimum Gasteiger partial charge on any atom is -0.497 e. The first kappa shape index (κ1) is 14.3. The molecule has 1 aromatic carbocycles. The summed E-state index contributed by atoms with van der Waals surface area (Å²) in [6.07, 6.45) is 8.51. The molecular formula is C20H26O2. The van der Waals surface area contributed by atoms with Gasteiger partial charge in [-0.05, 0) is 74.1 Å². The lowest BCUT2D eigenvalue weighted by molar-refractivity contribution is -0.0566. The van der Waals surface area contributed by atoms with Gasteiger partial charge in [-0.3, -0.25) is 0 Å². The smallest absolute Gasteiger partial charge is 0.119 e. The van der Waals surface area contributed by atoms with E-state index in [1.54, 1.807) is 7.11 Å². The summed E-state index contributed by atoms with van der Waals surface area (Å²) >= 11 is 0. The maximum Gasteiger partial charge on any atom is 0.119 e. The maximum absolute atomic E-state index is 6.67. The highest BCUT2D eigenvalue weighted by molar-refractivity contribution is 5.37. The van der Waals surface area contributed by atoms with Crippen LogP contribution in [0.5, 0.6) is 5.75 Å². The van der Waals surface area contributed by atoms with Crippen molar-refractivity contribution in [3.05, 3.63) is 42.0 Å². The third kappa shape index (κ3) is 1.96. The predicted molar refractivity (Wildman–Crippen MR) is 88.2 cm³/mol. The molecule has 1 heterocycles. The number of hydrogen-bond acceptors (Lipinski definition) is 2. The van der Waals surface area contributed by atoms with Crippen LogP contribution in [-0.2, 0) is 17.6 Å². The van der Waals surface area contributed by atoms with Crippen molar-refractivity contribution in [1.29, 1.82) is 0 Å². The summed E-state index contributed by atoms with van der Waals surface area (Å²) in [5, 5.41) is 0. The average Bonchev–Trinajstić information content (AvgIpc) is 2.90. The summed E-state index contributed by atoms with van der Waals surface area (Å²) in [6, 6.07) is 6.54. The van der Waals surface area contributed by atoms with E-state index in [0.717, 1.165) is 18.6 Å². The van der Waals surface area contributed by atoms with Crippen molar-refractivity contribution in [2.75, 3.05) is 7.11 Å². The third-order valence-corrected chi connectivity index (χ3v) is 6.53. The van der Waals surface area contributed by atoms with Crippen molar-refractivity contribution in [3.63, 3.8) is 0 Å². The van der Waals surface area contributed by atoms with Crippen LogP contribution < -0.4 is 4.74 Å². The quantitative estimate of drug-likeness (QED) is 0.763. The number of methoxy groups -OCH3 is 1. The summed E-state index contributed by atoms with van der Waals surface area (Å²) in [5.41, 5.74) is 2.94. The highest BCUT2D eigenvalue weighted by Crippen LogP contribution is 2.56. The fourth-order valence-electron chi connectivity index (χ4n) is 5.33. The van der Waals surface area contributed by atoms with Crippen molar-refractivity contribution in [2.45, 2.75) is 50.7 Å². The SMILES string of the molecule is C=C[C@@H]1CC[C@H]2[C@@H]3CCc4cc(OC)ccc4C[C@H]3O[C@@]12C. The summed E-state index contributed by atoms with van der Waals surface area (Å²) in [6.45, 7) is 6.38. The topological polar surface area (TPSA) is 18.5 Å². The van der Waals surface area contributed by atoms with Gasteiger partial charge in [0.05, 0.1) is 18.8 Å². The Morgan fingerprint density at radius 2 is 2.14 bits per heavy atom. The number of hydrogen-bond donors (Lipinski definition) is 0. The van der Waals surface area contributed by atoms with E-state index in [1.165, 1.54) is 30.4 Å². The molecule has 2 nitrogen and oxygen atoms in total. The Morgan fingerprint density at radius 3 is 2.91 bits per heavy atom. The van der Waals surface area contributed by atoms with Crippen molar-refractivity contribution in [3.8, 4) is 5.75 Å². The van der Waals surface area contributed by atoms with Gasteiger partial charge in [-0.25, -0.2) is 0 Å². The molecule has 118 valence electrons. The van der Waals surface area contributed by atoms with Crippen LogP contribution in [0.4, 0.5) is 0 Å². The lowest BCUT2D eigenvalue weighted by Gasteiger charge is -2.30. The Bertz CT molecular complexity index is 593. The molecule has 4 rings (SSSR count). The Morgan fingerprint density at radius 1 is 1.27 bits per heavy atom. The predicted octanol–water partition coefficient (Wildman–Crippen LogP) is 4.17. The molecule has 2 fully saturated rings. The van der Waals surface area contributed by atoms with Gasteiger partial charge in [0.25, 0.3) is 0 Å². The van der Waals surface area contributed by atoms with Crippen molar-refractivity contribution >= 4 is 0 Å². The summed E-state index contributed by atoms with van der Waals surface area (Å²) in [4.78, 5) is 0. The molecule has 0 bridgehead atoms. The highest BCUT2D eigenvalue weighted by atomic mass is 16.5. The molecule has 2 heteroatoms. The molecule has 0 radical (unpaired) electrons. The molecule has 0 amide bonds. The van der Waals surface area contributed by atoms with Crippen LogP contribution in [-0.4, -0.2) is 18.8 Å². The second-order valence-corrected chi connectivity index (χ2v) is 7.41. The molecule has 0 aromatic heterocycles. The Hall–Kier alpha value is -1.28. The van der Waals surface area contributed by atoms with Gasteiger partial charge in [-0.1, -0.05) is 12.1 Å². The van der Waals surface area contributed by atoms with Gasteiger partial charge >= 0.3 is 0 Å². The fraction of sp³-hybridized carbons (Fsp3) is 0.600. The van der Waals surface area contributed by atoms with E-state index < -0.39 is 0 Å². The normalized spacial score (nSPS) is 39.5. The van der Waals surface area contributed by atoms with Crippen LogP contribution in [0.15, 0.2) is 30.9 Å². The standard InChI is InChI=1S/C20H26O2/c1-4-15-7-10-18-17-9-6-13-11-16(21-3)8-5-14(13)12-19(17)22-20(15,18)2/h4-5,8,11,15,17-19H,1,6-7,9-10,12H2,2-3H3/t15-,17+,18+,19-,20+/m1/s1. The molecule has 3 aliphatic rings. The van der Waals surface area contributed by atoms with Crippen LogP contribution in [0.1, 0.15) is 37.3 Å². The van der Waals surface area contributed by atoms with Crippen molar-refractivity contribution in [1.82, 2.24) is 0 Å². The number of rotatable bonds is 2. The van der Waals surface area contributed by atoms with Crippen LogP contribution >= 0.6 is 0 Å². The third-order valence-electron chi connectivity index (χ3n) is 6.53. The molecule has 0 unspecified atom stereocenters. The number of fused-ring (bicyclic) bond motifs is 4. The zero-order valence-corrected chi connectivity index (χ0v) is 13.7. The van der Waals surface area contributed by atoms with Crippen molar-refractivity contribution in [2.24, 2.45) is 17.8 Å². The van der Waals surface area contributed by atoms with Gasteiger partial charge in [0.15, 0.2) is 0 Å². The van der Waals surface area contributed by atoms with Crippen LogP contribution in [0, 0.1) is 17.8 Å². The molecule has 1 aliphatic heterocycles. The van der Waals surface area contributed by atoms with Gasteiger partial charge in [0.2, 0.25) is 0 Å². The van der Waals surface area contributed by atoms with E-state index in [9.17, 15) is 0 Å². The lowest BCUT2D eigenvalue weighted by Crippen LogP contribution is -2.34. The molecule has 1 saturated heterocycles. The van der Waals surface area contributed by atoms with E-state index in [2.05, 4.69) is 37.8 Å². The molecule has 22 heavy (non-hydrogen) atoms. The first-order valence-electron chi connectivity index (χ1n) is 8.62. The fourth-order valence-corrected chi connectivity index (χ4v) is 5.33. The zero-order chi connectivity index (χ0) is 15.3. The van der Waals surface area contributed by atoms with Crippen molar-refractivity contribution < 1.29 is 9.47 Å². The highest BCUT2D eigenvalue weighted by Gasteiger charge is 2.57. The molecular weight excluding hydrogens is 272 g/mol. The van der Waals surface area contributed by atoms with E-state index in [4.69, 9.17) is 9.47 Å². The molecule has 2 aliphatic carbocycles. The summed E-state index contributed by atoms with van der Waals surface area (Å²) < 4.78 is 12.1. The number of ether oxygens (including phenoxy) is 2. The van der Waals surface area contributed by atoms with Gasteiger partial charge in [-0.15, -0.1) is 6.58 Å². The molecule has 1 saturated carbocycles.